The standard InChI is InChI=1S/C13H16ClNO2/c1-9-6-7-10(8-12(9)14)13(16)15-17-11-4-2-3-5-11/h6-8,11H,2-5H2,1H3,(H,15,16). The summed E-state index contributed by atoms with van der Waals surface area (Å²) in [5.74, 6) is -0.237. The van der Waals surface area contributed by atoms with Gasteiger partial charge in [-0.2, -0.15) is 0 Å². The Morgan fingerprint density at radius 1 is 1.41 bits per heavy atom. The van der Waals surface area contributed by atoms with Gasteiger partial charge in [-0.15, -0.1) is 0 Å². The number of carbonyl (C=O) groups excluding carboxylic acids is 1. The summed E-state index contributed by atoms with van der Waals surface area (Å²) < 4.78 is 0. The van der Waals surface area contributed by atoms with Gasteiger partial charge in [0.05, 0.1) is 6.10 Å². The van der Waals surface area contributed by atoms with Gasteiger partial charge in [0.2, 0.25) is 0 Å². The smallest absolute Gasteiger partial charge is 0.270 e. The number of amides is 1. The van der Waals surface area contributed by atoms with Crippen molar-refractivity contribution in [2.45, 2.75) is 38.7 Å². The second-order valence-corrected chi connectivity index (χ2v) is 4.83. The normalized spacial score (nSPS) is 16.1. The van der Waals surface area contributed by atoms with E-state index in [4.69, 9.17) is 16.4 Å². The lowest BCUT2D eigenvalue weighted by atomic mass is 10.1. The quantitative estimate of drug-likeness (QED) is 0.840. The van der Waals surface area contributed by atoms with Crippen LogP contribution in [0.3, 0.4) is 0 Å². The third-order valence-electron chi connectivity index (χ3n) is 3.05. The maximum absolute atomic E-state index is 11.8. The highest BCUT2D eigenvalue weighted by Gasteiger charge is 2.17. The Kier molecular flexibility index (Phi) is 4.02. The number of nitrogens with one attached hydrogen (secondary N) is 1. The van der Waals surface area contributed by atoms with Crippen LogP contribution in [0.15, 0.2) is 18.2 Å². The average molecular weight is 254 g/mol. The SMILES string of the molecule is Cc1ccc(C(=O)NOC2CCCC2)cc1Cl. The molecule has 0 atom stereocenters. The molecule has 1 N–H and O–H groups in total. The van der Waals surface area contributed by atoms with Crippen molar-refractivity contribution < 1.29 is 9.63 Å². The third kappa shape index (κ3) is 3.20. The van der Waals surface area contributed by atoms with Gasteiger partial charge in [0.25, 0.3) is 5.91 Å². The Hall–Kier alpha value is -1.06. The lowest BCUT2D eigenvalue weighted by Crippen LogP contribution is -2.28. The number of carbonyl (C=O) groups is 1. The third-order valence-corrected chi connectivity index (χ3v) is 3.46. The molecule has 1 amide bonds. The van der Waals surface area contributed by atoms with E-state index >= 15 is 0 Å². The van der Waals surface area contributed by atoms with Crippen LogP contribution in [-0.4, -0.2) is 12.0 Å². The molecule has 4 heteroatoms. The van der Waals surface area contributed by atoms with E-state index in [1.807, 2.05) is 13.0 Å². The first kappa shape index (κ1) is 12.4. The molecule has 1 fully saturated rings. The molecule has 0 aromatic heterocycles. The maximum Gasteiger partial charge on any atom is 0.274 e. The minimum Gasteiger partial charge on any atom is -0.270 e. The Balaban J connectivity index is 1.92. The Labute approximate surface area is 106 Å². The molecule has 92 valence electrons. The number of halogens is 1. The Morgan fingerprint density at radius 2 is 2.12 bits per heavy atom. The summed E-state index contributed by atoms with van der Waals surface area (Å²) in [6, 6.07) is 5.23. The minimum atomic E-state index is -0.237. The summed E-state index contributed by atoms with van der Waals surface area (Å²) in [4.78, 5) is 17.1. The zero-order valence-corrected chi connectivity index (χ0v) is 10.6. The van der Waals surface area contributed by atoms with Gasteiger partial charge in [-0.05, 0) is 37.5 Å². The minimum absolute atomic E-state index is 0.167. The van der Waals surface area contributed by atoms with Crippen molar-refractivity contribution in [1.82, 2.24) is 5.48 Å². The summed E-state index contributed by atoms with van der Waals surface area (Å²) in [6.45, 7) is 1.90. The molecule has 0 bridgehead atoms. The molecule has 0 aliphatic heterocycles. The van der Waals surface area contributed by atoms with Gasteiger partial charge in [-0.3, -0.25) is 9.63 Å². The van der Waals surface area contributed by atoms with Crippen LogP contribution in [-0.2, 0) is 4.84 Å². The molecule has 1 aromatic rings. The summed E-state index contributed by atoms with van der Waals surface area (Å²) >= 11 is 5.96. The number of hydroxylamine groups is 1. The topological polar surface area (TPSA) is 38.3 Å². The summed E-state index contributed by atoms with van der Waals surface area (Å²) in [5, 5.41) is 0.596. The highest BCUT2D eigenvalue weighted by Crippen LogP contribution is 2.20. The van der Waals surface area contributed by atoms with Crippen molar-refractivity contribution in [2.24, 2.45) is 0 Å². The first-order valence-corrected chi connectivity index (χ1v) is 6.27. The Morgan fingerprint density at radius 3 is 2.76 bits per heavy atom. The van der Waals surface area contributed by atoms with Crippen LogP contribution in [0, 0.1) is 6.92 Å². The highest BCUT2D eigenvalue weighted by atomic mass is 35.5. The molecule has 2 rings (SSSR count). The first-order chi connectivity index (χ1) is 8.16. The molecule has 1 aliphatic rings. The Bertz CT molecular complexity index is 414. The molecule has 1 aliphatic carbocycles. The van der Waals surface area contributed by atoms with Gasteiger partial charge in [-0.1, -0.05) is 30.5 Å². The van der Waals surface area contributed by atoms with Crippen LogP contribution in [0.5, 0.6) is 0 Å². The molecule has 3 nitrogen and oxygen atoms in total. The van der Waals surface area contributed by atoms with Crippen molar-refractivity contribution in [3.05, 3.63) is 34.3 Å². The van der Waals surface area contributed by atoms with Crippen LogP contribution < -0.4 is 5.48 Å². The van der Waals surface area contributed by atoms with Crippen LogP contribution in [0.2, 0.25) is 5.02 Å². The van der Waals surface area contributed by atoms with E-state index in [0.29, 0.717) is 10.6 Å². The average Bonchev–Trinajstić information content (AvgIpc) is 2.82. The van der Waals surface area contributed by atoms with Crippen molar-refractivity contribution in [1.29, 1.82) is 0 Å². The van der Waals surface area contributed by atoms with Crippen LogP contribution in [0.25, 0.3) is 0 Å². The van der Waals surface area contributed by atoms with E-state index in [1.165, 1.54) is 12.8 Å². The number of aryl methyl sites for hydroxylation is 1. The van der Waals surface area contributed by atoms with Gasteiger partial charge < -0.3 is 0 Å². The number of hydrogen-bond donors (Lipinski definition) is 1. The van der Waals surface area contributed by atoms with Crippen LogP contribution in [0.4, 0.5) is 0 Å². The molecule has 0 heterocycles. The fourth-order valence-electron chi connectivity index (χ4n) is 1.94. The molecular weight excluding hydrogens is 238 g/mol. The van der Waals surface area contributed by atoms with Crippen molar-refractivity contribution >= 4 is 17.5 Å². The van der Waals surface area contributed by atoms with Crippen LogP contribution >= 0.6 is 11.6 Å². The number of rotatable bonds is 3. The lowest BCUT2D eigenvalue weighted by molar-refractivity contribution is -0.0124. The largest absolute Gasteiger partial charge is 0.274 e. The van der Waals surface area contributed by atoms with Gasteiger partial charge in [0, 0.05) is 10.6 Å². The van der Waals surface area contributed by atoms with E-state index in [-0.39, 0.29) is 12.0 Å². The molecule has 0 unspecified atom stereocenters. The predicted octanol–water partition coefficient (Wildman–Crippen LogP) is 3.25. The summed E-state index contributed by atoms with van der Waals surface area (Å²) in [6.07, 6.45) is 4.57. The van der Waals surface area contributed by atoms with Gasteiger partial charge in [0.1, 0.15) is 0 Å². The van der Waals surface area contributed by atoms with Crippen molar-refractivity contribution in [3.63, 3.8) is 0 Å². The van der Waals surface area contributed by atoms with Gasteiger partial charge in [0.15, 0.2) is 0 Å². The second kappa shape index (κ2) is 5.52. The fraction of sp³-hybridized carbons (Fsp3) is 0.462. The van der Waals surface area contributed by atoms with E-state index < -0.39 is 0 Å². The predicted molar refractivity (Wildman–Crippen MR) is 67.0 cm³/mol. The van der Waals surface area contributed by atoms with Crippen molar-refractivity contribution in [2.75, 3.05) is 0 Å². The second-order valence-electron chi connectivity index (χ2n) is 4.42. The number of benzene rings is 1. The summed E-state index contributed by atoms with van der Waals surface area (Å²) in [5.41, 5.74) is 3.97. The van der Waals surface area contributed by atoms with Crippen molar-refractivity contribution in [3.8, 4) is 0 Å². The zero-order chi connectivity index (χ0) is 12.3. The summed E-state index contributed by atoms with van der Waals surface area (Å²) in [7, 11) is 0. The molecule has 0 spiro atoms. The molecule has 17 heavy (non-hydrogen) atoms. The molecular formula is C13H16ClNO2. The molecule has 0 saturated heterocycles. The first-order valence-electron chi connectivity index (χ1n) is 5.89. The lowest BCUT2D eigenvalue weighted by Gasteiger charge is -2.11. The van der Waals surface area contributed by atoms with Gasteiger partial charge in [-0.25, -0.2) is 5.48 Å². The highest BCUT2D eigenvalue weighted by molar-refractivity contribution is 6.31. The molecule has 0 radical (unpaired) electrons. The van der Waals surface area contributed by atoms with E-state index in [1.54, 1.807) is 12.1 Å². The zero-order valence-electron chi connectivity index (χ0n) is 9.83. The molecule has 1 saturated carbocycles. The number of hydrogen-bond acceptors (Lipinski definition) is 2. The van der Waals surface area contributed by atoms with E-state index in [2.05, 4.69) is 5.48 Å². The molecule has 1 aromatic carbocycles. The fourth-order valence-corrected chi connectivity index (χ4v) is 2.12. The maximum atomic E-state index is 11.8. The van der Waals surface area contributed by atoms with E-state index in [9.17, 15) is 4.79 Å². The van der Waals surface area contributed by atoms with E-state index in [0.717, 1.165) is 18.4 Å². The van der Waals surface area contributed by atoms with Crippen LogP contribution in [0.1, 0.15) is 41.6 Å². The monoisotopic (exact) mass is 253 g/mol. The van der Waals surface area contributed by atoms with Gasteiger partial charge >= 0.3 is 0 Å².